The maximum Gasteiger partial charge on any atom is 0.261 e. The van der Waals surface area contributed by atoms with Gasteiger partial charge in [0.15, 0.2) is 6.61 Å². The van der Waals surface area contributed by atoms with Crippen LogP contribution < -0.4 is 10.1 Å². The van der Waals surface area contributed by atoms with E-state index < -0.39 is 6.04 Å². The molecule has 30 heavy (non-hydrogen) atoms. The van der Waals surface area contributed by atoms with E-state index in [2.05, 4.69) is 5.32 Å². The van der Waals surface area contributed by atoms with Gasteiger partial charge in [-0.3, -0.25) is 9.59 Å². The number of carbonyl (C=O) groups is 2. The number of amides is 2. The lowest BCUT2D eigenvalue weighted by atomic mass is 10.1. The summed E-state index contributed by atoms with van der Waals surface area (Å²) in [6, 6.07) is 11.2. The first kappa shape index (κ1) is 24.3. The van der Waals surface area contributed by atoms with Crippen LogP contribution in [0.25, 0.3) is 0 Å². The zero-order chi connectivity index (χ0) is 22.3. The van der Waals surface area contributed by atoms with Gasteiger partial charge in [-0.2, -0.15) is 0 Å². The van der Waals surface area contributed by atoms with Crippen molar-refractivity contribution in [1.82, 2.24) is 10.2 Å². The fourth-order valence-corrected chi connectivity index (χ4v) is 3.16. The van der Waals surface area contributed by atoms with Crippen molar-refractivity contribution in [3.8, 4) is 5.75 Å². The number of halogens is 3. The minimum atomic E-state index is -0.700. The lowest BCUT2D eigenvalue weighted by Crippen LogP contribution is -2.49. The SMILES string of the molecule is CC(C)CNC(=O)C(C)N(Cc1ccc(Cl)c(Cl)c1)C(=O)COc1cccc(Cl)c1. The number of hydrogen-bond acceptors (Lipinski definition) is 3. The van der Waals surface area contributed by atoms with Gasteiger partial charge in [0, 0.05) is 18.1 Å². The molecule has 0 saturated carbocycles. The van der Waals surface area contributed by atoms with Crippen molar-refractivity contribution < 1.29 is 14.3 Å². The summed E-state index contributed by atoms with van der Waals surface area (Å²) >= 11 is 18.1. The minimum Gasteiger partial charge on any atom is -0.484 e. The Morgan fingerprint density at radius 2 is 1.77 bits per heavy atom. The molecule has 1 unspecified atom stereocenters. The lowest BCUT2D eigenvalue weighted by molar-refractivity contribution is -0.142. The van der Waals surface area contributed by atoms with Gasteiger partial charge in [0.25, 0.3) is 5.91 Å². The van der Waals surface area contributed by atoms with Crippen LogP contribution in [-0.4, -0.2) is 35.9 Å². The maximum absolute atomic E-state index is 13.0. The Hall–Kier alpha value is -1.95. The van der Waals surface area contributed by atoms with Gasteiger partial charge >= 0.3 is 0 Å². The van der Waals surface area contributed by atoms with Crippen LogP contribution in [-0.2, 0) is 16.1 Å². The van der Waals surface area contributed by atoms with Gasteiger partial charge in [0.1, 0.15) is 11.8 Å². The van der Waals surface area contributed by atoms with Crippen LogP contribution in [0.1, 0.15) is 26.3 Å². The van der Waals surface area contributed by atoms with Crippen LogP contribution in [0.3, 0.4) is 0 Å². The number of benzene rings is 2. The molecule has 1 N–H and O–H groups in total. The van der Waals surface area contributed by atoms with Crippen LogP contribution >= 0.6 is 34.8 Å². The second-order valence-corrected chi connectivity index (χ2v) is 8.58. The van der Waals surface area contributed by atoms with Crippen LogP contribution in [0.2, 0.25) is 15.1 Å². The maximum atomic E-state index is 13.0. The molecule has 0 heterocycles. The normalized spacial score (nSPS) is 11.8. The summed E-state index contributed by atoms with van der Waals surface area (Å²) in [6.07, 6.45) is 0. The zero-order valence-electron chi connectivity index (χ0n) is 17.1. The average molecular weight is 472 g/mol. The Labute approximate surface area is 192 Å². The Kier molecular flexibility index (Phi) is 9.28. The van der Waals surface area contributed by atoms with Gasteiger partial charge < -0.3 is 15.0 Å². The first-order valence-corrected chi connectivity index (χ1v) is 10.7. The highest BCUT2D eigenvalue weighted by Gasteiger charge is 2.26. The van der Waals surface area contributed by atoms with Crippen molar-refractivity contribution in [2.24, 2.45) is 5.92 Å². The monoisotopic (exact) mass is 470 g/mol. The Morgan fingerprint density at radius 3 is 2.40 bits per heavy atom. The van der Waals surface area contributed by atoms with Crippen LogP contribution in [0, 0.1) is 5.92 Å². The van der Waals surface area contributed by atoms with E-state index >= 15 is 0 Å². The molecule has 162 valence electrons. The second kappa shape index (κ2) is 11.4. The number of nitrogens with zero attached hydrogens (tertiary/aromatic N) is 1. The molecule has 0 saturated heterocycles. The summed E-state index contributed by atoms with van der Waals surface area (Å²) in [7, 11) is 0. The predicted molar refractivity (Wildman–Crippen MR) is 121 cm³/mol. The van der Waals surface area contributed by atoms with E-state index in [0.29, 0.717) is 33.3 Å². The van der Waals surface area contributed by atoms with E-state index in [1.165, 1.54) is 4.90 Å². The van der Waals surface area contributed by atoms with Crippen molar-refractivity contribution in [3.63, 3.8) is 0 Å². The van der Waals surface area contributed by atoms with E-state index in [4.69, 9.17) is 39.5 Å². The topological polar surface area (TPSA) is 58.6 Å². The second-order valence-electron chi connectivity index (χ2n) is 7.33. The molecule has 8 heteroatoms. The molecule has 2 amide bonds. The molecule has 0 aliphatic carbocycles. The molecule has 0 radical (unpaired) electrons. The summed E-state index contributed by atoms with van der Waals surface area (Å²) < 4.78 is 5.58. The highest BCUT2D eigenvalue weighted by Crippen LogP contribution is 2.24. The molecule has 0 aliphatic rings. The Bertz CT molecular complexity index is 890. The summed E-state index contributed by atoms with van der Waals surface area (Å²) in [5.41, 5.74) is 0.754. The molecular weight excluding hydrogens is 447 g/mol. The third-order valence-electron chi connectivity index (χ3n) is 4.35. The largest absolute Gasteiger partial charge is 0.484 e. The van der Waals surface area contributed by atoms with E-state index in [0.717, 1.165) is 5.56 Å². The lowest BCUT2D eigenvalue weighted by Gasteiger charge is -2.29. The predicted octanol–water partition coefficient (Wildman–Crippen LogP) is 5.22. The van der Waals surface area contributed by atoms with Crippen molar-refractivity contribution in [3.05, 3.63) is 63.1 Å². The van der Waals surface area contributed by atoms with Gasteiger partial charge in [0.2, 0.25) is 5.91 Å². The molecule has 0 fully saturated rings. The fourth-order valence-electron chi connectivity index (χ4n) is 2.65. The number of ether oxygens (including phenoxy) is 1. The number of carbonyl (C=O) groups excluding carboxylic acids is 2. The van der Waals surface area contributed by atoms with E-state index in [1.54, 1.807) is 49.4 Å². The fraction of sp³-hybridized carbons (Fsp3) is 0.364. The first-order valence-electron chi connectivity index (χ1n) is 9.57. The van der Waals surface area contributed by atoms with E-state index in [9.17, 15) is 9.59 Å². The van der Waals surface area contributed by atoms with Crippen molar-refractivity contribution in [1.29, 1.82) is 0 Å². The van der Waals surface area contributed by atoms with Crippen LogP contribution in [0.5, 0.6) is 5.75 Å². The Balaban J connectivity index is 2.16. The quantitative estimate of drug-likeness (QED) is 0.546. The molecule has 1 atom stereocenters. The summed E-state index contributed by atoms with van der Waals surface area (Å²) in [4.78, 5) is 27.0. The van der Waals surface area contributed by atoms with E-state index in [1.807, 2.05) is 13.8 Å². The molecule has 0 aromatic heterocycles. The molecule has 2 aromatic rings. The van der Waals surface area contributed by atoms with Gasteiger partial charge in [0.05, 0.1) is 10.0 Å². The first-order chi connectivity index (χ1) is 14.2. The van der Waals surface area contributed by atoms with Gasteiger partial charge in [-0.1, -0.05) is 60.8 Å². The zero-order valence-corrected chi connectivity index (χ0v) is 19.4. The molecule has 0 bridgehead atoms. The van der Waals surface area contributed by atoms with Gasteiger partial charge in [-0.15, -0.1) is 0 Å². The molecule has 5 nitrogen and oxygen atoms in total. The van der Waals surface area contributed by atoms with Crippen molar-refractivity contribution in [2.45, 2.75) is 33.4 Å². The molecule has 2 aromatic carbocycles. The highest BCUT2D eigenvalue weighted by atomic mass is 35.5. The molecular formula is C22H25Cl3N2O3. The van der Waals surface area contributed by atoms with Crippen LogP contribution in [0.15, 0.2) is 42.5 Å². The molecule has 2 rings (SSSR count). The minimum absolute atomic E-state index is 0.185. The Morgan fingerprint density at radius 1 is 1.03 bits per heavy atom. The van der Waals surface area contributed by atoms with Crippen molar-refractivity contribution in [2.75, 3.05) is 13.2 Å². The number of nitrogens with one attached hydrogen (secondary N) is 1. The standard InChI is InChI=1S/C22H25Cl3N2O3/c1-14(2)11-26-22(29)15(3)27(12-16-7-8-19(24)20(25)9-16)21(28)13-30-18-6-4-5-17(23)10-18/h4-10,14-15H,11-13H2,1-3H3,(H,26,29). The number of hydrogen-bond donors (Lipinski definition) is 1. The molecule has 0 aliphatic heterocycles. The average Bonchev–Trinajstić information content (AvgIpc) is 2.70. The number of rotatable bonds is 9. The van der Waals surface area contributed by atoms with E-state index in [-0.39, 0.29) is 25.0 Å². The van der Waals surface area contributed by atoms with Gasteiger partial charge in [-0.05, 0) is 48.7 Å². The highest BCUT2D eigenvalue weighted by molar-refractivity contribution is 6.42. The third kappa shape index (κ3) is 7.38. The smallest absolute Gasteiger partial charge is 0.261 e. The summed E-state index contributed by atoms with van der Waals surface area (Å²) in [5, 5.41) is 4.18. The third-order valence-corrected chi connectivity index (χ3v) is 5.32. The molecule has 0 spiro atoms. The van der Waals surface area contributed by atoms with Gasteiger partial charge in [-0.25, -0.2) is 0 Å². The summed E-state index contributed by atoms with van der Waals surface area (Å²) in [5.74, 6) is 0.196. The van der Waals surface area contributed by atoms with Crippen molar-refractivity contribution >= 4 is 46.6 Å². The van der Waals surface area contributed by atoms with Crippen LogP contribution in [0.4, 0.5) is 0 Å². The summed E-state index contributed by atoms with van der Waals surface area (Å²) in [6.45, 7) is 6.17.